The van der Waals surface area contributed by atoms with Crippen molar-refractivity contribution >= 4 is 11.6 Å². The fourth-order valence-corrected chi connectivity index (χ4v) is 4.29. The molecule has 0 bridgehead atoms. The zero-order valence-electron chi connectivity index (χ0n) is 15.6. The van der Waals surface area contributed by atoms with Gasteiger partial charge in [-0.15, -0.1) is 0 Å². The summed E-state index contributed by atoms with van der Waals surface area (Å²) < 4.78 is 6.26. The van der Waals surface area contributed by atoms with Crippen LogP contribution in [0.2, 0.25) is 0 Å². The van der Waals surface area contributed by atoms with Crippen molar-refractivity contribution in [3.05, 3.63) is 30.3 Å². The molecule has 1 amide bonds. The van der Waals surface area contributed by atoms with Gasteiger partial charge in [-0.25, -0.2) is 0 Å². The molecule has 2 aliphatic heterocycles. The second-order valence-electron chi connectivity index (χ2n) is 8.03. The molecule has 26 heavy (non-hydrogen) atoms. The molecule has 5 nitrogen and oxygen atoms in total. The summed E-state index contributed by atoms with van der Waals surface area (Å²) in [5.74, 6) is 0.574. The molecule has 1 aromatic rings. The second kappa shape index (κ2) is 7.97. The number of para-hydroxylation sites is 1. The van der Waals surface area contributed by atoms with Crippen LogP contribution in [0.1, 0.15) is 38.5 Å². The number of rotatable bonds is 5. The third kappa shape index (κ3) is 4.04. The summed E-state index contributed by atoms with van der Waals surface area (Å²) in [4.78, 5) is 17.0. The first kappa shape index (κ1) is 17.8. The van der Waals surface area contributed by atoms with Crippen molar-refractivity contribution in [2.24, 2.45) is 11.7 Å². The molecule has 4 rings (SSSR count). The molecule has 2 heterocycles. The zero-order chi connectivity index (χ0) is 17.9. The minimum atomic E-state index is 0.0517. The molecule has 3 aliphatic rings. The predicted molar refractivity (Wildman–Crippen MR) is 103 cm³/mol. The van der Waals surface area contributed by atoms with Crippen molar-refractivity contribution in [3.8, 4) is 0 Å². The van der Waals surface area contributed by atoms with Crippen molar-refractivity contribution in [2.75, 3.05) is 31.1 Å². The monoisotopic (exact) mass is 357 g/mol. The molecule has 2 atom stereocenters. The highest BCUT2D eigenvalue weighted by molar-refractivity contribution is 5.81. The number of hydrogen-bond donors (Lipinski definition) is 1. The number of carbonyl (C=O) groups is 1. The Morgan fingerprint density at radius 1 is 1.04 bits per heavy atom. The van der Waals surface area contributed by atoms with Gasteiger partial charge in [0.15, 0.2) is 0 Å². The van der Waals surface area contributed by atoms with Crippen LogP contribution in [0.4, 0.5) is 5.69 Å². The van der Waals surface area contributed by atoms with Crippen LogP contribution in [0.15, 0.2) is 30.3 Å². The highest BCUT2D eigenvalue weighted by atomic mass is 16.5. The number of nitrogens with zero attached hydrogens (tertiary/aromatic N) is 2. The summed E-state index contributed by atoms with van der Waals surface area (Å²) in [6, 6.07) is 10.7. The van der Waals surface area contributed by atoms with Gasteiger partial charge >= 0.3 is 0 Å². The van der Waals surface area contributed by atoms with Crippen LogP contribution in [-0.2, 0) is 9.53 Å². The van der Waals surface area contributed by atoms with Crippen LogP contribution in [-0.4, -0.2) is 55.2 Å². The van der Waals surface area contributed by atoms with Gasteiger partial charge in [0.2, 0.25) is 5.91 Å². The molecular formula is C21H31N3O2. The van der Waals surface area contributed by atoms with Crippen molar-refractivity contribution in [3.63, 3.8) is 0 Å². The van der Waals surface area contributed by atoms with Gasteiger partial charge in [0.1, 0.15) is 0 Å². The van der Waals surface area contributed by atoms with Gasteiger partial charge in [0, 0.05) is 37.3 Å². The van der Waals surface area contributed by atoms with E-state index in [4.69, 9.17) is 10.5 Å². The molecule has 0 radical (unpaired) electrons. The molecule has 3 fully saturated rings. The quantitative estimate of drug-likeness (QED) is 0.879. The molecule has 1 aliphatic carbocycles. The topological polar surface area (TPSA) is 58.8 Å². The van der Waals surface area contributed by atoms with Gasteiger partial charge in [0.25, 0.3) is 0 Å². The molecule has 0 spiro atoms. The Morgan fingerprint density at radius 2 is 1.77 bits per heavy atom. The lowest BCUT2D eigenvalue weighted by Crippen LogP contribution is -2.57. The molecule has 0 unspecified atom stereocenters. The average Bonchev–Trinajstić information content (AvgIpc) is 3.53. The fraction of sp³-hybridized carbons (Fsp3) is 0.667. The molecule has 1 saturated carbocycles. The predicted octanol–water partition coefficient (Wildman–Crippen LogP) is 2.40. The van der Waals surface area contributed by atoms with E-state index in [1.807, 2.05) is 4.90 Å². The van der Waals surface area contributed by atoms with Crippen molar-refractivity contribution in [2.45, 2.75) is 56.7 Å². The number of ether oxygens (including phenoxy) is 1. The number of nitrogens with two attached hydrogens (primary N) is 1. The van der Waals surface area contributed by atoms with Gasteiger partial charge in [-0.05, 0) is 50.7 Å². The van der Waals surface area contributed by atoms with Gasteiger partial charge < -0.3 is 20.3 Å². The zero-order valence-corrected chi connectivity index (χ0v) is 15.6. The Labute approximate surface area is 156 Å². The highest BCUT2D eigenvalue weighted by Crippen LogP contribution is 2.33. The third-order valence-corrected chi connectivity index (χ3v) is 6.11. The molecule has 142 valence electrons. The van der Waals surface area contributed by atoms with E-state index < -0.39 is 0 Å². The molecular weight excluding hydrogens is 326 g/mol. The third-order valence-electron chi connectivity index (χ3n) is 6.11. The lowest BCUT2D eigenvalue weighted by molar-refractivity contribution is -0.139. The number of anilines is 1. The summed E-state index contributed by atoms with van der Waals surface area (Å²) in [5.41, 5.74) is 7.65. The first-order valence-corrected chi connectivity index (χ1v) is 10.2. The van der Waals surface area contributed by atoms with Gasteiger partial charge in [-0.2, -0.15) is 0 Å². The van der Waals surface area contributed by atoms with Gasteiger partial charge in [-0.1, -0.05) is 18.2 Å². The fourth-order valence-electron chi connectivity index (χ4n) is 4.29. The normalized spacial score (nSPS) is 27.6. The number of hydrogen-bond acceptors (Lipinski definition) is 4. The van der Waals surface area contributed by atoms with Crippen molar-refractivity contribution in [1.29, 1.82) is 0 Å². The molecule has 1 aromatic carbocycles. The van der Waals surface area contributed by atoms with Crippen LogP contribution in [0, 0.1) is 5.92 Å². The van der Waals surface area contributed by atoms with Crippen LogP contribution in [0.5, 0.6) is 0 Å². The molecule has 5 heteroatoms. The van der Waals surface area contributed by atoms with E-state index in [1.54, 1.807) is 0 Å². The van der Waals surface area contributed by atoms with Crippen LogP contribution in [0.3, 0.4) is 0 Å². The Bertz CT molecular complexity index is 597. The Morgan fingerprint density at radius 3 is 2.46 bits per heavy atom. The number of piperidine rings is 2. The molecule has 2 saturated heterocycles. The van der Waals surface area contributed by atoms with E-state index in [1.165, 1.54) is 5.69 Å². The van der Waals surface area contributed by atoms with E-state index >= 15 is 0 Å². The van der Waals surface area contributed by atoms with E-state index in [9.17, 15) is 4.79 Å². The Balaban J connectivity index is 1.28. The summed E-state index contributed by atoms with van der Waals surface area (Å²) in [5, 5.41) is 0. The maximum Gasteiger partial charge on any atom is 0.226 e. The number of amides is 1. The van der Waals surface area contributed by atoms with Crippen molar-refractivity contribution in [1.82, 2.24) is 4.90 Å². The van der Waals surface area contributed by atoms with E-state index in [0.717, 1.165) is 58.2 Å². The lowest BCUT2D eigenvalue weighted by atomic mass is 9.96. The first-order valence-electron chi connectivity index (χ1n) is 10.2. The minimum Gasteiger partial charge on any atom is -0.376 e. The van der Waals surface area contributed by atoms with E-state index in [2.05, 4.69) is 35.2 Å². The van der Waals surface area contributed by atoms with Gasteiger partial charge in [-0.3, -0.25) is 4.79 Å². The van der Waals surface area contributed by atoms with E-state index in [-0.39, 0.29) is 24.1 Å². The molecule has 0 aromatic heterocycles. The van der Waals surface area contributed by atoms with Crippen LogP contribution >= 0.6 is 0 Å². The largest absolute Gasteiger partial charge is 0.376 e. The highest BCUT2D eigenvalue weighted by Gasteiger charge is 2.40. The number of likely N-dealkylation sites (tertiary alicyclic amines) is 1. The summed E-state index contributed by atoms with van der Waals surface area (Å²) >= 11 is 0. The SMILES string of the molecule is N[C@H]1CCCN(C(=O)C2CC2)[C@H]1COC1CCN(c2ccccc2)CC1. The maximum absolute atomic E-state index is 12.6. The van der Waals surface area contributed by atoms with Gasteiger partial charge in [0.05, 0.1) is 18.8 Å². The van der Waals surface area contributed by atoms with E-state index in [0.29, 0.717) is 12.5 Å². The maximum atomic E-state index is 12.6. The standard InChI is InChI=1S/C21H31N3O2/c22-19-7-4-12-24(21(25)16-8-9-16)20(19)15-26-18-10-13-23(14-11-18)17-5-2-1-3-6-17/h1-3,5-6,16,18-20H,4,7-15,22H2/t19-,20-/m0/s1. The number of benzene rings is 1. The summed E-state index contributed by atoms with van der Waals surface area (Å²) in [7, 11) is 0. The lowest BCUT2D eigenvalue weighted by Gasteiger charge is -2.41. The summed E-state index contributed by atoms with van der Waals surface area (Å²) in [6.07, 6.45) is 6.47. The Kier molecular flexibility index (Phi) is 5.46. The minimum absolute atomic E-state index is 0.0517. The van der Waals surface area contributed by atoms with Crippen LogP contribution in [0.25, 0.3) is 0 Å². The second-order valence-corrected chi connectivity index (χ2v) is 8.03. The smallest absolute Gasteiger partial charge is 0.226 e. The number of carbonyl (C=O) groups excluding carboxylic acids is 1. The van der Waals surface area contributed by atoms with Crippen LogP contribution < -0.4 is 10.6 Å². The molecule has 2 N–H and O–H groups in total. The summed E-state index contributed by atoms with van der Waals surface area (Å²) in [6.45, 7) is 3.49. The first-order chi connectivity index (χ1) is 12.7. The van der Waals surface area contributed by atoms with Crippen molar-refractivity contribution < 1.29 is 9.53 Å². The Hall–Kier alpha value is -1.59. The average molecular weight is 357 g/mol.